The molecule has 5 heteroatoms. The molecule has 1 aromatic carbocycles. The fraction of sp³-hybridized carbons (Fsp3) is 0.300. The summed E-state index contributed by atoms with van der Waals surface area (Å²) >= 11 is 3.19. The van der Waals surface area contributed by atoms with Crippen LogP contribution in [0.1, 0.15) is 0 Å². The summed E-state index contributed by atoms with van der Waals surface area (Å²) in [5, 5.41) is 5.77. The van der Waals surface area contributed by atoms with Crippen LogP contribution in [0.5, 0.6) is 0 Å². The lowest BCUT2D eigenvalue weighted by molar-refractivity contribution is -0.121. The van der Waals surface area contributed by atoms with E-state index in [0.717, 1.165) is 0 Å². The van der Waals surface area contributed by atoms with Gasteiger partial charge in [0.1, 0.15) is 5.82 Å². The maximum Gasteiger partial charge on any atom is 0.230 e. The molecule has 1 heterocycles. The number of rotatable bonds is 2. The average Bonchev–Trinajstić information content (AvgIpc) is 2.07. The average molecular weight is 273 g/mol. The quantitative estimate of drug-likeness (QED) is 0.861. The second-order valence-electron chi connectivity index (χ2n) is 3.47. The standard InChI is InChI=1S/C10H10BrFN2O/c11-8-3-7(12)1-2-9(8)14-10(15)6-4-13-5-6/h1-3,6,13H,4-5H2,(H,14,15). The Hall–Kier alpha value is -0.940. The van der Waals surface area contributed by atoms with Gasteiger partial charge in [-0.05, 0) is 34.1 Å². The summed E-state index contributed by atoms with van der Waals surface area (Å²) in [6.45, 7) is 1.43. The minimum atomic E-state index is -0.329. The number of amides is 1. The number of hydrogen-bond donors (Lipinski definition) is 2. The molecule has 1 amide bonds. The van der Waals surface area contributed by atoms with Crippen LogP contribution >= 0.6 is 15.9 Å². The Balaban J connectivity index is 2.06. The molecule has 1 saturated heterocycles. The predicted octanol–water partition coefficient (Wildman–Crippen LogP) is 1.75. The summed E-state index contributed by atoms with van der Waals surface area (Å²) in [6.07, 6.45) is 0. The third-order valence-electron chi connectivity index (χ3n) is 2.34. The summed E-state index contributed by atoms with van der Waals surface area (Å²) in [5.74, 6) is -0.326. The van der Waals surface area contributed by atoms with Crippen LogP contribution in [0.25, 0.3) is 0 Å². The first-order valence-corrected chi connectivity index (χ1v) is 5.43. The van der Waals surface area contributed by atoms with E-state index in [1.54, 1.807) is 6.07 Å². The van der Waals surface area contributed by atoms with Crippen molar-refractivity contribution in [2.24, 2.45) is 5.92 Å². The zero-order valence-electron chi connectivity index (χ0n) is 7.89. The smallest absolute Gasteiger partial charge is 0.230 e. The van der Waals surface area contributed by atoms with Crippen LogP contribution in [0.15, 0.2) is 22.7 Å². The second kappa shape index (κ2) is 4.28. The molecular weight excluding hydrogens is 263 g/mol. The molecule has 1 aliphatic heterocycles. The first-order chi connectivity index (χ1) is 7.16. The topological polar surface area (TPSA) is 41.1 Å². The maximum atomic E-state index is 12.8. The Labute approximate surface area is 95.2 Å². The number of nitrogens with one attached hydrogen (secondary N) is 2. The van der Waals surface area contributed by atoms with Crippen LogP contribution in [0.2, 0.25) is 0 Å². The van der Waals surface area contributed by atoms with Crippen molar-refractivity contribution < 1.29 is 9.18 Å². The van der Waals surface area contributed by atoms with Gasteiger partial charge in [0.2, 0.25) is 5.91 Å². The van der Waals surface area contributed by atoms with Gasteiger partial charge >= 0.3 is 0 Å². The molecule has 0 radical (unpaired) electrons. The summed E-state index contributed by atoms with van der Waals surface area (Å²) in [5.41, 5.74) is 0.605. The van der Waals surface area contributed by atoms with Crippen LogP contribution in [-0.2, 0) is 4.79 Å². The van der Waals surface area contributed by atoms with E-state index >= 15 is 0 Å². The Morgan fingerprint density at radius 2 is 2.27 bits per heavy atom. The molecule has 0 saturated carbocycles. The molecule has 1 aliphatic rings. The van der Waals surface area contributed by atoms with E-state index in [2.05, 4.69) is 26.6 Å². The van der Waals surface area contributed by atoms with Gasteiger partial charge in [0.05, 0.1) is 11.6 Å². The van der Waals surface area contributed by atoms with E-state index in [1.165, 1.54) is 12.1 Å². The fourth-order valence-corrected chi connectivity index (χ4v) is 1.75. The number of benzene rings is 1. The summed E-state index contributed by atoms with van der Waals surface area (Å²) in [4.78, 5) is 11.6. The molecule has 0 aromatic heterocycles. The molecule has 0 aliphatic carbocycles. The zero-order chi connectivity index (χ0) is 10.8. The molecule has 0 spiro atoms. The summed E-state index contributed by atoms with van der Waals surface area (Å²) < 4.78 is 13.3. The van der Waals surface area contributed by atoms with Crippen molar-refractivity contribution in [3.63, 3.8) is 0 Å². The molecule has 3 nitrogen and oxygen atoms in total. The van der Waals surface area contributed by atoms with E-state index < -0.39 is 0 Å². The number of anilines is 1. The van der Waals surface area contributed by atoms with Crippen LogP contribution in [0, 0.1) is 11.7 Å². The molecule has 1 aromatic rings. The molecule has 0 bridgehead atoms. The predicted molar refractivity (Wildman–Crippen MR) is 59.1 cm³/mol. The van der Waals surface area contributed by atoms with E-state index in [0.29, 0.717) is 23.2 Å². The number of hydrogen-bond acceptors (Lipinski definition) is 2. The van der Waals surface area contributed by atoms with Crippen LogP contribution in [0.3, 0.4) is 0 Å². The Morgan fingerprint density at radius 3 is 2.80 bits per heavy atom. The van der Waals surface area contributed by atoms with E-state index in [-0.39, 0.29) is 17.6 Å². The number of carbonyl (C=O) groups is 1. The normalized spacial score (nSPS) is 15.9. The van der Waals surface area contributed by atoms with Gasteiger partial charge in [0.25, 0.3) is 0 Å². The van der Waals surface area contributed by atoms with Crippen molar-refractivity contribution >= 4 is 27.5 Å². The molecular formula is C10H10BrFN2O. The fourth-order valence-electron chi connectivity index (χ4n) is 1.30. The van der Waals surface area contributed by atoms with Gasteiger partial charge in [0.15, 0.2) is 0 Å². The summed E-state index contributed by atoms with van der Waals surface area (Å²) in [7, 11) is 0. The minimum absolute atomic E-state index is 0.0268. The van der Waals surface area contributed by atoms with Gasteiger partial charge < -0.3 is 10.6 Å². The Morgan fingerprint density at radius 1 is 1.53 bits per heavy atom. The van der Waals surface area contributed by atoms with Crippen LogP contribution in [-0.4, -0.2) is 19.0 Å². The maximum absolute atomic E-state index is 12.8. The van der Waals surface area contributed by atoms with Gasteiger partial charge in [-0.15, -0.1) is 0 Å². The molecule has 1 fully saturated rings. The lowest BCUT2D eigenvalue weighted by Gasteiger charge is -2.25. The van der Waals surface area contributed by atoms with Crippen molar-refractivity contribution in [1.29, 1.82) is 0 Å². The van der Waals surface area contributed by atoms with Gasteiger partial charge in [-0.25, -0.2) is 4.39 Å². The van der Waals surface area contributed by atoms with Gasteiger partial charge in [0, 0.05) is 17.6 Å². The van der Waals surface area contributed by atoms with Crippen molar-refractivity contribution in [2.75, 3.05) is 18.4 Å². The van der Waals surface area contributed by atoms with Crippen molar-refractivity contribution in [3.8, 4) is 0 Å². The molecule has 0 atom stereocenters. The minimum Gasteiger partial charge on any atom is -0.325 e. The highest BCUT2D eigenvalue weighted by Gasteiger charge is 2.25. The highest BCUT2D eigenvalue weighted by Crippen LogP contribution is 2.23. The van der Waals surface area contributed by atoms with Crippen molar-refractivity contribution in [2.45, 2.75) is 0 Å². The van der Waals surface area contributed by atoms with Gasteiger partial charge in [-0.1, -0.05) is 0 Å². The van der Waals surface area contributed by atoms with Crippen LogP contribution in [0.4, 0.5) is 10.1 Å². The number of carbonyl (C=O) groups excluding carboxylic acids is 1. The largest absolute Gasteiger partial charge is 0.325 e. The van der Waals surface area contributed by atoms with Crippen molar-refractivity contribution in [3.05, 3.63) is 28.5 Å². The molecule has 80 valence electrons. The first-order valence-electron chi connectivity index (χ1n) is 4.63. The third kappa shape index (κ3) is 2.35. The number of halogens is 2. The third-order valence-corrected chi connectivity index (χ3v) is 3.00. The van der Waals surface area contributed by atoms with Crippen molar-refractivity contribution in [1.82, 2.24) is 5.32 Å². The molecule has 2 N–H and O–H groups in total. The van der Waals surface area contributed by atoms with Crippen LogP contribution < -0.4 is 10.6 Å². The molecule has 15 heavy (non-hydrogen) atoms. The van der Waals surface area contributed by atoms with Gasteiger partial charge in [-0.3, -0.25) is 4.79 Å². The highest BCUT2D eigenvalue weighted by atomic mass is 79.9. The van der Waals surface area contributed by atoms with Gasteiger partial charge in [-0.2, -0.15) is 0 Å². The Bertz CT molecular complexity index is 393. The highest BCUT2D eigenvalue weighted by molar-refractivity contribution is 9.10. The summed E-state index contributed by atoms with van der Waals surface area (Å²) in [6, 6.07) is 4.19. The first kappa shape index (κ1) is 10.6. The van der Waals surface area contributed by atoms with E-state index in [4.69, 9.17) is 0 Å². The second-order valence-corrected chi connectivity index (χ2v) is 4.32. The SMILES string of the molecule is O=C(Nc1ccc(F)cc1Br)C1CNC1. The van der Waals surface area contributed by atoms with E-state index in [9.17, 15) is 9.18 Å². The van der Waals surface area contributed by atoms with E-state index in [1.807, 2.05) is 0 Å². The molecule has 0 unspecified atom stereocenters. The lowest BCUT2D eigenvalue weighted by atomic mass is 10.0. The Kier molecular flexibility index (Phi) is 3.02. The molecule has 2 rings (SSSR count). The lowest BCUT2D eigenvalue weighted by Crippen LogP contribution is -2.48. The monoisotopic (exact) mass is 272 g/mol. The zero-order valence-corrected chi connectivity index (χ0v) is 9.47.